The normalized spacial score (nSPS) is 10.6. The van der Waals surface area contributed by atoms with E-state index in [0.717, 1.165) is 23.2 Å². The number of anilines is 1. The van der Waals surface area contributed by atoms with Crippen LogP contribution in [-0.4, -0.2) is 38.7 Å². The Morgan fingerprint density at radius 1 is 1.39 bits per heavy atom. The van der Waals surface area contributed by atoms with Crippen molar-refractivity contribution >= 4 is 40.1 Å². The zero-order valence-electron chi connectivity index (χ0n) is 10.2. The predicted molar refractivity (Wildman–Crippen MR) is 72.0 cm³/mol. The average Bonchev–Trinajstić information content (AvgIpc) is 2.63. The van der Waals surface area contributed by atoms with Gasteiger partial charge in [0.15, 0.2) is 0 Å². The molecule has 0 spiro atoms. The number of hydrogen-bond donors (Lipinski definition) is 2. The molecule has 8 heteroatoms. The number of carboxylic acid groups (broad SMARTS) is 1. The van der Waals surface area contributed by atoms with Gasteiger partial charge in [-0.1, -0.05) is 25.2 Å². The molecule has 0 aromatic carbocycles. The smallest absolute Gasteiger partial charge is 0.313 e. The summed E-state index contributed by atoms with van der Waals surface area (Å²) >= 11 is 2.40. The Bertz CT molecular complexity index is 420. The van der Waals surface area contributed by atoms with Crippen LogP contribution in [0.2, 0.25) is 0 Å². The summed E-state index contributed by atoms with van der Waals surface area (Å²) in [7, 11) is 0. The van der Waals surface area contributed by atoms with Gasteiger partial charge in [0.1, 0.15) is 5.01 Å². The van der Waals surface area contributed by atoms with Crippen molar-refractivity contribution in [3.05, 3.63) is 5.01 Å². The van der Waals surface area contributed by atoms with Gasteiger partial charge in [-0.2, -0.15) is 0 Å². The molecular weight excluding hydrogens is 274 g/mol. The summed E-state index contributed by atoms with van der Waals surface area (Å²) in [5.74, 6) is -0.669. The van der Waals surface area contributed by atoms with Crippen molar-refractivity contribution in [3.63, 3.8) is 0 Å². The minimum absolute atomic E-state index is 0.0812. The molecule has 0 fully saturated rings. The fraction of sp³-hybridized carbons (Fsp3) is 0.600. The third-order valence-electron chi connectivity index (χ3n) is 1.75. The first-order valence-electron chi connectivity index (χ1n) is 5.39. The van der Waals surface area contributed by atoms with Crippen LogP contribution in [0.3, 0.4) is 0 Å². The lowest BCUT2D eigenvalue weighted by Crippen LogP contribution is -2.15. The zero-order valence-corrected chi connectivity index (χ0v) is 11.8. The fourth-order valence-electron chi connectivity index (χ4n) is 1.12. The molecule has 18 heavy (non-hydrogen) atoms. The van der Waals surface area contributed by atoms with Crippen molar-refractivity contribution in [2.24, 2.45) is 5.92 Å². The van der Waals surface area contributed by atoms with E-state index in [1.807, 2.05) is 0 Å². The number of aliphatic carboxylic acids is 1. The molecule has 0 bridgehead atoms. The fourth-order valence-corrected chi connectivity index (χ4v) is 2.62. The number of carboxylic acids is 1. The first kappa shape index (κ1) is 14.9. The van der Waals surface area contributed by atoms with E-state index in [2.05, 4.69) is 29.4 Å². The van der Waals surface area contributed by atoms with Crippen molar-refractivity contribution in [1.29, 1.82) is 0 Å². The van der Waals surface area contributed by atoms with Crippen LogP contribution in [0.4, 0.5) is 5.13 Å². The molecule has 0 atom stereocenters. The van der Waals surface area contributed by atoms with Gasteiger partial charge < -0.3 is 5.11 Å². The molecule has 1 heterocycles. The van der Waals surface area contributed by atoms with E-state index >= 15 is 0 Å². The highest BCUT2D eigenvalue weighted by molar-refractivity contribution is 8.00. The summed E-state index contributed by atoms with van der Waals surface area (Å²) in [4.78, 5) is 21.7. The van der Waals surface area contributed by atoms with Crippen molar-refractivity contribution < 1.29 is 14.7 Å². The van der Waals surface area contributed by atoms with E-state index in [1.54, 1.807) is 0 Å². The van der Waals surface area contributed by atoms with Crippen LogP contribution < -0.4 is 5.32 Å². The Morgan fingerprint density at radius 2 is 2.11 bits per heavy atom. The van der Waals surface area contributed by atoms with E-state index in [-0.39, 0.29) is 17.4 Å². The lowest BCUT2D eigenvalue weighted by Gasteiger charge is -1.99. The number of hydrogen-bond acceptors (Lipinski definition) is 6. The molecule has 0 aliphatic carbocycles. The molecule has 0 radical (unpaired) electrons. The molecule has 0 unspecified atom stereocenters. The summed E-state index contributed by atoms with van der Waals surface area (Å²) in [5, 5.41) is 20.2. The Hall–Kier alpha value is -1.15. The first-order chi connectivity index (χ1) is 8.47. The molecule has 1 amide bonds. The maximum Gasteiger partial charge on any atom is 0.313 e. The second-order valence-electron chi connectivity index (χ2n) is 4.03. The van der Waals surface area contributed by atoms with Crippen molar-refractivity contribution in [1.82, 2.24) is 10.2 Å². The summed E-state index contributed by atoms with van der Waals surface area (Å²) in [6, 6.07) is 0. The number of carbonyl (C=O) groups excluding carboxylic acids is 1. The minimum Gasteiger partial charge on any atom is -0.481 e. The molecule has 1 aromatic heterocycles. The van der Waals surface area contributed by atoms with Gasteiger partial charge in [0.2, 0.25) is 11.0 Å². The molecule has 0 saturated heterocycles. The molecule has 0 aliphatic rings. The second-order valence-corrected chi connectivity index (χ2v) is 6.08. The number of thioether (sulfide) groups is 1. The third kappa shape index (κ3) is 5.97. The zero-order chi connectivity index (χ0) is 13.5. The van der Waals surface area contributed by atoms with Crippen LogP contribution >= 0.6 is 23.1 Å². The maximum atomic E-state index is 11.4. The Kier molecular flexibility index (Phi) is 6.06. The van der Waals surface area contributed by atoms with Gasteiger partial charge in [-0.15, -0.1) is 22.0 Å². The van der Waals surface area contributed by atoms with Gasteiger partial charge in [-0.05, 0) is 5.92 Å². The lowest BCUT2D eigenvalue weighted by molar-refractivity contribution is -0.133. The largest absolute Gasteiger partial charge is 0.481 e. The summed E-state index contributed by atoms with van der Waals surface area (Å²) in [5.41, 5.74) is 0. The number of carbonyl (C=O) groups is 2. The molecular formula is C10H15N3O3S2. The SMILES string of the molecule is CC(C)Cc1nnc(NC(=O)CSCC(=O)O)s1. The number of amides is 1. The molecule has 100 valence electrons. The Labute approximate surface area is 113 Å². The molecule has 1 aromatic rings. The van der Waals surface area contributed by atoms with E-state index in [0.29, 0.717) is 11.0 Å². The standard InChI is InChI=1S/C10H15N3O3S2/c1-6(2)3-8-12-13-10(18-8)11-7(14)4-17-5-9(15)16/h6H,3-5H2,1-2H3,(H,15,16)(H,11,13,14). The molecule has 0 saturated carbocycles. The van der Waals surface area contributed by atoms with Crippen LogP contribution in [0.1, 0.15) is 18.9 Å². The monoisotopic (exact) mass is 289 g/mol. The van der Waals surface area contributed by atoms with Crippen LogP contribution in [0, 0.1) is 5.92 Å². The number of nitrogens with zero attached hydrogens (tertiary/aromatic N) is 2. The van der Waals surface area contributed by atoms with Crippen molar-refractivity contribution in [2.45, 2.75) is 20.3 Å². The summed E-state index contributed by atoms with van der Waals surface area (Å²) < 4.78 is 0. The van der Waals surface area contributed by atoms with Gasteiger partial charge in [0.05, 0.1) is 11.5 Å². The van der Waals surface area contributed by atoms with E-state index in [1.165, 1.54) is 11.3 Å². The summed E-state index contributed by atoms with van der Waals surface area (Å²) in [6.07, 6.45) is 0.835. The van der Waals surface area contributed by atoms with Crippen LogP contribution in [-0.2, 0) is 16.0 Å². The number of aromatic nitrogens is 2. The van der Waals surface area contributed by atoms with E-state index in [4.69, 9.17) is 5.11 Å². The molecule has 1 rings (SSSR count). The topological polar surface area (TPSA) is 92.2 Å². The third-order valence-corrected chi connectivity index (χ3v) is 3.53. The van der Waals surface area contributed by atoms with E-state index in [9.17, 15) is 9.59 Å². The highest BCUT2D eigenvalue weighted by atomic mass is 32.2. The summed E-state index contributed by atoms with van der Waals surface area (Å²) in [6.45, 7) is 4.17. The van der Waals surface area contributed by atoms with Crippen molar-refractivity contribution in [2.75, 3.05) is 16.8 Å². The lowest BCUT2D eigenvalue weighted by atomic mass is 10.1. The maximum absolute atomic E-state index is 11.4. The Balaban J connectivity index is 2.35. The average molecular weight is 289 g/mol. The van der Waals surface area contributed by atoms with E-state index < -0.39 is 5.97 Å². The quantitative estimate of drug-likeness (QED) is 0.790. The molecule has 0 aliphatic heterocycles. The van der Waals surface area contributed by atoms with Crippen LogP contribution in [0.25, 0.3) is 0 Å². The van der Waals surface area contributed by atoms with Gasteiger partial charge >= 0.3 is 5.97 Å². The molecule has 6 nitrogen and oxygen atoms in total. The van der Waals surface area contributed by atoms with Gasteiger partial charge in [-0.3, -0.25) is 14.9 Å². The van der Waals surface area contributed by atoms with Gasteiger partial charge in [0, 0.05) is 6.42 Å². The van der Waals surface area contributed by atoms with Crippen LogP contribution in [0.5, 0.6) is 0 Å². The van der Waals surface area contributed by atoms with Gasteiger partial charge in [0.25, 0.3) is 0 Å². The highest BCUT2D eigenvalue weighted by Crippen LogP contribution is 2.18. The number of rotatable bonds is 7. The predicted octanol–water partition coefficient (Wildman–Crippen LogP) is 1.49. The minimum atomic E-state index is -0.928. The van der Waals surface area contributed by atoms with Crippen LogP contribution in [0.15, 0.2) is 0 Å². The van der Waals surface area contributed by atoms with Crippen molar-refractivity contribution in [3.8, 4) is 0 Å². The molecule has 2 N–H and O–H groups in total. The van der Waals surface area contributed by atoms with Gasteiger partial charge in [-0.25, -0.2) is 0 Å². The Morgan fingerprint density at radius 3 is 2.72 bits per heavy atom. The number of nitrogens with one attached hydrogen (secondary N) is 1. The second kappa shape index (κ2) is 7.32. The first-order valence-corrected chi connectivity index (χ1v) is 7.36. The highest BCUT2D eigenvalue weighted by Gasteiger charge is 2.10.